The number of halogens is 2. The fourth-order valence-corrected chi connectivity index (χ4v) is 1.98. The Kier molecular flexibility index (Phi) is 3.94. The molecule has 0 amide bonds. The van der Waals surface area contributed by atoms with Crippen LogP contribution in [0.1, 0.15) is 21.8 Å². The molecule has 0 N–H and O–H groups in total. The van der Waals surface area contributed by atoms with E-state index in [0.717, 1.165) is 0 Å². The van der Waals surface area contributed by atoms with E-state index in [2.05, 4.69) is 0 Å². The Balaban J connectivity index is 2.42. The molecule has 0 radical (unpaired) electrons. The van der Waals surface area contributed by atoms with Gasteiger partial charge in [0, 0.05) is 16.1 Å². The van der Waals surface area contributed by atoms with Gasteiger partial charge >= 0.3 is 0 Å². The highest BCUT2D eigenvalue weighted by atomic mass is 35.5. The Labute approximate surface area is 115 Å². The summed E-state index contributed by atoms with van der Waals surface area (Å²) in [4.78, 5) is 12.2. The average molecular weight is 274 g/mol. The summed E-state index contributed by atoms with van der Waals surface area (Å²) in [6, 6.07) is 13.9. The lowest BCUT2D eigenvalue weighted by atomic mass is 9.91. The standard InChI is InChI=1S/C15H9ClFNO/c16-11-5-3-4-10(8-11)15(19)13(9-18)12-6-1-2-7-14(12)17/h1-8,13H. The number of nitrogens with zero attached hydrogens (tertiary/aromatic N) is 1. The molecule has 19 heavy (non-hydrogen) atoms. The summed E-state index contributed by atoms with van der Waals surface area (Å²) in [5.41, 5.74) is 0.372. The molecule has 0 aliphatic heterocycles. The third-order valence-electron chi connectivity index (χ3n) is 2.72. The number of Topliss-reactive ketones (excluding diaryl/α,β-unsaturated/α-hetero) is 1. The smallest absolute Gasteiger partial charge is 0.184 e. The molecule has 94 valence electrons. The number of hydrogen-bond acceptors (Lipinski definition) is 2. The second kappa shape index (κ2) is 5.64. The van der Waals surface area contributed by atoms with Gasteiger partial charge in [0.1, 0.15) is 11.7 Å². The lowest BCUT2D eigenvalue weighted by molar-refractivity contribution is 0.0977. The van der Waals surface area contributed by atoms with Crippen molar-refractivity contribution in [1.82, 2.24) is 0 Å². The van der Waals surface area contributed by atoms with E-state index in [-0.39, 0.29) is 5.56 Å². The predicted molar refractivity (Wildman–Crippen MR) is 70.5 cm³/mol. The van der Waals surface area contributed by atoms with Crippen molar-refractivity contribution in [2.24, 2.45) is 0 Å². The lowest BCUT2D eigenvalue weighted by Crippen LogP contribution is -2.12. The Hall–Kier alpha value is -2.18. The van der Waals surface area contributed by atoms with Crippen LogP contribution in [-0.4, -0.2) is 5.78 Å². The summed E-state index contributed by atoms with van der Waals surface area (Å²) in [7, 11) is 0. The maximum absolute atomic E-state index is 13.7. The first-order valence-corrected chi connectivity index (χ1v) is 5.95. The molecule has 2 aromatic carbocycles. The van der Waals surface area contributed by atoms with Crippen LogP contribution in [0.5, 0.6) is 0 Å². The molecule has 1 unspecified atom stereocenters. The normalized spacial score (nSPS) is 11.6. The largest absolute Gasteiger partial charge is 0.292 e. The molecule has 0 saturated heterocycles. The first-order valence-electron chi connectivity index (χ1n) is 5.57. The molecule has 0 aliphatic rings. The fourth-order valence-electron chi connectivity index (χ4n) is 1.79. The van der Waals surface area contributed by atoms with Gasteiger partial charge in [0.15, 0.2) is 5.78 Å². The van der Waals surface area contributed by atoms with Crippen molar-refractivity contribution in [1.29, 1.82) is 5.26 Å². The monoisotopic (exact) mass is 273 g/mol. The third-order valence-corrected chi connectivity index (χ3v) is 2.95. The molecule has 0 aliphatic carbocycles. The molecule has 0 spiro atoms. The minimum absolute atomic E-state index is 0.0787. The van der Waals surface area contributed by atoms with E-state index in [1.807, 2.05) is 6.07 Å². The van der Waals surface area contributed by atoms with Crippen LogP contribution in [0.15, 0.2) is 48.5 Å². The third kappa shape index (κ3) is 2.81. The van der Waals surface area contributed by atoms with Gasteiger partial charge in [0.2, 0.25) is 0 Å². The minimum Gasteiger partial charge on any atom is -0.292 e. The van der Waals surface area contributed by atoms with Crippen molar-refractivity contribution in [2.75, 3.05) is 0 Å². The van der Waals surface area contributed by atoms with Gasteiger partial charge in [-0.3, -0.25) is 4.79 Å². The molecule has 2 aromatic rings. The topological polar surface area (TPSA) is 40.9 Å². The minimum atomic E-state index is -1.17. The molecular weight excluding hydrogens is 265 g/mol. The van der Waals surface area contributed by atoms with Crippen molar-refractivity contribution >= 4 is 17.4 Å². The van der Waals surface area contributed by atoms with Gasteiger partial charge in [-0.15, -0.1) is 0 Å². The highest BCUT2D eigenvalue weighted by Crippen LogP contribution is 2.24. The highest BCUT2D eigenvalue weighted by molar-refractivity contribution is 6.31. The first-order chi connectivity index (χ1) is 9.13. The molecule has 0 fully saturated rings. The number of ketones is 1. The van der Waals surface area contributed by atoms with E-state index in [1.165, 1.54) is 24.3 Å². The van der Waals surface area contributed by atoms with Crippen LogP contribution in [0.3, 0.4) is 0 Å². The van der Waals surface area contributed by atoms with E-state index in [9.17, 15) is 9.18 Å². The number of carbonyl (C=O) groups is 1. The summed E-state index contributed by atoms with van der Waals surface area (Å²) < 4.78 is 13.7. The van der Waals surface area contributed by atoms with Crippen LogP contribution in [0.25, 0.3) is 0 Å². The van der Waals surface area contributed by atoms with Crippen LogP contribution < -0.4 is 0 Å². The lowest BCUT2D eigenvalue weighted by Gasteiger charge is -2.09. The summed E-state index contributed by atoms with van der Waals surface area (Å²) in [5.74, 6) is -2.20. The van der Waals surface area contributed by atoms with Crippen LogP contribution in [-0.2, 0) is 0 Å². The van der Waals surface area contributed by atoms with Crippen molar-refractivity contribution in [3.63, 3.8) is 0 Å². The Morgan fingerprint density at radius 3 is 2.58 bits per heavy atom. The molecule has 0 bridgehead atoms. The quantitative estimate of drug-likeness (QED) is 0.794. The van der Waals surface area contributed by atoms with Crippen molar-refractivity contribution < 1.29 is 9.18 Å². The molecule has 0 saturated carbocycles. The Bertz CT molecular complexity index is 663. The van der Waals surface area contributed by atoms with E-state index in [4.69, 9.17) is 16.9 Å². The summed E-state index contributed by atoms with van der Waals surface area (Å²) >= 11 is 5.80. The fraction of sp³-hybridized carbons (Fsp3) is 0.0667. The maximum atomic E-state index is 13.7. The summed E-state index contributed by atoms with van der Waals surface area (Å²) in [5, 5.41) is 9.53. The average Bonchev–Trinajstić information content (AvgIpc) is 2.41. The number of carbonyl (C=O) groups excluding carboxylic acids is 1. The maximum Gasteiger partial charge on any atom is 0.184 e. The Morgan fingerprint density at radius 1 is 1.21 bits per heavy atom. The molecule has 0 heterocycles. The number of nitriles is 1. The van der Waals surface area contributed by atoms with Crippen LogP contribution >= 0.6 is 11.6 Å². The van der Waals surface area contributed by atoms with E-state index in [0.29, 0.717) is 10.6 Å². The van der Waals surface area contributed by atoms with Crippen LogP contribution in [0.2, 0.25) is 5.02 Å². The second-order valence-corrected chi connectivity index (χ2v) is 4.39. The zero-order valence-corrected chi connectivity index (χ0v) is 10.6. The van der Waals surface area contributed by atoms with Crippen LogP contribution in [0.4, 0.5) is 4.39 Å². The summed E-state index contributed by atoms with van der Waals surface area (Å²) in [6.45, 7) is 0. The van der Waals surface area contributed by atoms with Gasteiger partial charge < -0.3 is 0 Å². The molecule has 4 heteroatoms. The predicted octanol–water partition coefficient (Wildman–Crippen LogP) is 3.97. The molecule has 2 rings (SSSR count). The van der Waals surface area contributed by atoms with Gasteiger partial charge in [0.05, 0.1) is 6.07 Å². The zero-order chi connectivity index (χ0) is 13.8. The van der Waals surface area contributed by atoms with Gasteiger partial charge in [0.25, 0.3) is 0 Å². The van der Waals surface area contributed by atoms with Crippen molar-refractivity contribution in [3.05, 3.63) is 70.5 Å². The second-order valence-electron chi connectivity index (χ2n) is 3.96. The Morgan fingerprint density at radius 2 is 1.95 bits per heavy atom. The van der Waals surface area contributed by atoms with Gasteiger partial charge in [-0.05, 0) is 18.2 Å². The molecular formula is C15H9ClFNO. The molecule has 2 nitrogen and oxygen atoms in total. The van der Waals surface area contributed by atoms with Crippen molar-refractivity contribution in [3.8, 4) is 6.07 Å². The van der Waals surface area contributed by atoms with Crippen LogP contribution in [0, 0.1) is 17.1 Å². The molecule has 1 atom stereocenters. The van der Waals surface area contributed by atoms with E-state index >= 15 is 0 Å². The van der Waals surface area contributed by atoms with Gasteiger partial charge in [-0.1, -0.05) is 41.9 Å². The van der Waals surface area contributed by atoms with Crippen molar-refractivity contribution in [2.45, 2.75) is 5.92 Å². The highest BCUT2D eigenvalue weighted by Gasteiger charge is 2.24. The first kappa shape index (κ1) is 13.3. The summed E-state index contributed by atoms with van der Waals surface area (Å²) in [6.07, 6.45) is 0. The van der Waals surface area contributed by atoms with Gasteiger partial charge in [-0.25, -0.2) is 4.39 Å². The zero-order valence-electron chi connectivity index (χ0n) is 9.81. The van der Waals surface area contributed by atoms with Gasteiger partial charge in [-0.2, -0.15) is 5.26 Å². The number of hydrogen-bond donors (Lipinski definition) is 0. The van der Waals surface area contributed by atoms with E-state index in [1.54, 1.807) is 24.3 Å². The number of rotatable bonds is 3. The molecule has 0 aromatic heterocycles. The van der Waals surface area contributed by atoms with E-state index < -0.39 is 17.5 Å². The number of benzene rings is 2. The SMILES string of the molecule is N#CC(C(=O)c1cccc(Cl)c1)c1ccccc1F.